The van der Waals surface area contributed by atoms with Crippen molar-refractivity contribution in [3.63, 3.8) is 0 Å². The van der Waals surface area contributed by atoms with Gasteiger partial charge in [0.1, 0.15) is 17.0 Å². The van der Waals surface area contributed by atoms with E-state index in [1.54, 1.807) is 17.7 Å². The smallest absolute Gasteiger partial charge is 0.138 e. The van der Waals surface area contributed by atoms with Crippen LogP contribution in [0.4, 0.5) is 5.82 Å². The zero-order chi connectivity index (χ0) is 16.2. The van der Waals surface area contributed by atoms with Crippen LogP contribution in [0, 0.1) is 0 Å². The molecule has 1 N–H and O–H groups in total. The van der Waals surface area contributed by atoms with Gasteiger partial charge in [-0.1, -0.05) is 51.5 Å². The van der Waals surface area contributed by atoms with Crippen molar-refractivity contribution in [3.8, 4) is 11.1 Å². The zero-order valence-corrected chi connectivity index (χ0v) is 14.8. The fourth-order valence-corrected chi connectivity index (χ4v) is 3.57. The summed E-state index contributed by atoms with van der Waals surface area (Å²) in [5.74, 6) is 1.51. The van der Waals surface area contributed by atoms with Gasteiger partial charge in [-0.05, 0) is 23.5 Å². The topological polar surface area (TPSA) is 37.8 Å². The molecule has 2 heterocycles. The summed E-state index contributed by atoms with van der Waals surface area (Å²) in [7, 11) is 0. The number of benzene rings is 1. The highest BCUT2D eigenvalue weighted by Gasteiger charge is 2.13. The molecule has 0 atom stereocenters. The molecule has 3 aromatic rings. The fourth-order valence-electron chi connectivity index (χ4n) is 2.65. The number of fused-ring (bicyclic) bond motifs is 1. The molecule has 0 aliphatic carbocycles. The summed E-state index contributed by atoms with van der Waals surface area (Å²) in [6, 6.07) is 8.86. The molecule has 0 amide bonds. The lowest BCUT2D eigenvalue weighted by atomic mass is 9.99. The van der Waals surface area contributed by atoms with Crippen molar-refractivity contribution >= 4 is 27.4 Å². The average molecular weight is 325 g/mol. The molecule has 1 aromatic carbocycles. The number of nitrogens with zero attached hydrogens (tertiary/aromatic N) is 2. The molecule has 0 radical (unpaired) electrons. The van der Waals surface area contributed by atoms with E-state index >= 15 is 0 Å². The van der Waals surface area contributed by atoms with E-state index in [2.05, 4.69) is 65.7 Å². The number of unbranched alkanes of at least 4 members (excludes halogenated alkanes) is 1. The lowest BCUT2D eigenvalue weighted by Crippen LogP contribution is -2.03. The Hall–Kier alpha value is -1.94. The SMILES string of the molecule is CCCCNc1ncnc2scc(-c3ccc(C(C)C)cc3)c12. The molecule has 0 saturated heterocycles. The van der Waals surface area contributed by atoms with Gasteiger partial charge in [0.15, 0.2) is 0 Å². The van der Waals surface area contributed by atoms with E-state index in [1.807, 2.05) is 0 Å². The standard InChI is InChI=1S/C19H23N3S/c1-4-5-10-20-18-17-16(11-23-19(17)22-12-21-18)15-8-6-14(7-9-15)13(2)3/h6-9,11-13H,4-5,10H2,1-3H3,(H,20,21,22). The van der Waals surface area contributed by atoms with Crippen LogP contribution in [-0.4, -0.2) is 16.5 Å². The maximum Gasteiger partial charge on any atom is 0.138 e. The van der Waals surface area contributed by atoms with Crippen molar-refractivity contribution in [1.29, 1.82) is 0 Å². The summed E-state index contributed by atoms with van der Waals surface area (Å²) in [5.41, 5.74) is 3.82. The molecule has 4 heteroatoms. The number of rotatable bonds is 6. The molecule has 0 unspecified atom stereocenters. The summed E-state index contributed by atoms with van der Waals surface area (Å²) in [6.45, 7) is 7.59. The number of hydrogen-bond acceptors (Lipinski definition) is 4. The van der Waals surface area contributed by atoms with E-state index in [9.17, 15) is 0 Å². The minimum atomic E-state index is 0.554. The molecule has 0 saturated carbocycles. The van der Waals surface area contributed by atoms with E-state index in [4.69, 9.17) is 0 Å². The van der Waals surface area contributed by atoms with Gasteiger partial charge < -0.3 is 5.32 Å². The van der Waals surface area contributed by atoms with E-state index < -0.39 is 0 Å². The largest absolute Gasteiger partial charge is 0.369 e. The second-order valence-electron chi connectivity index (χ2n) is 6.11. The summed E-state index contributed by atoms with van der Waals surface area (Å²) in [6.07, 6.45) is 3.97. The first-order valence-electron chi connectivity index (χ1n) is 8.27. The molecular weight excluding hydrogens is 302 g/mol. The van der Waals surface area contributed by atoms with Crippen LogP contribution in [0.2, 0.25) is 0 Å². The third-order valence-electron chi connectivity index (χ3n) is 4.08. The molecular formula is C19H23N3S. The summed E-state index contributed by atoms with van der Waals surface area (Å²) in [5, 5.41) is 6.80. The molecule has 0 spiro atoms. The van der Waals surface area contributed by atoms with Gasteiger partial charge in [-0.3, -0.25) is 0 Å². The van der Waals surface area contributed by atoms with Crippen LogP contribution in [0.3, 0.4) is 0 Å². The van der Waals surface area contributed by atoms with Gasteiger partial charge >= 0.3 is 0 Å². The van der Waals surface area contributed by atoms with E-state index in [-0.39, 0.29) is 0 Å². The monoisotopic (exact) mass is 325 g/mol. The van der Waals surface area contributed by atoms with Crippen molar-refractivity contribution < 1.29 is 0 Å². The second-order valence-corrected chi connectivity index (χ2v) is 6.97. The number of thiophene rings is 1. The maximum atomic E-state index is 4.47. The third-order valence-corrected chi connectivity index (χ3v) is 4.97. The van der Waals surface area contributed by atoms with Gasteiger partial charge in [0.25, 0.3) is 0 Å². The number of anilines is 1. The molecule has 23 heavy (non-hydrogen) atoms. The predicted octanol–water partition coefficient (Wildman–Crippen LogP) is 5.69. The highest BCUT2D eigenvalue weighted by molar-refractivity contribution is 7.17. The van der Waals surface area contributed by atoms with Crippen LogP contribution >= 0.6 is 11.3 Å². The summed E-state index contributed by atoms with van der Waals surface area (Å²) in [4.78, 5) is 9.94. The molecule has 0 aliphatic rings. The number of aromatic nitrogens is 2. The fraction of sp³-hybridized carbons (Fsp3) is 0.368. The zero-order valence-electron chi connectivity index (χ0n) is 14.0. The maximum absolute atomic E-state index is 4.47. The van der Waals surface area contributed by atoms with Crippen LogP contribution in [0.25, 0.3) is 21.3 Å². The Labute approximate surface area is 141 Å². The summed E-state index contributed by atoms with van der Waals surface area (Å²) < 4.78 is 0. The first-order chi connectivity index (χ1) is 11.2. The Kier molecular flexibility index (Phi) is 4.91. The van der Waals surface area contributed by atoms with E-state index in [1.165, 1.54) is 23.1 Å². The molecule has 3 rings (SSSR count). The Morgan fingerprint density at radius 1 is 1.13 bits per heavy atom. The highest BCUT2D eigenvalue weighted by Crippen LogP contribution is 2.36. The van der Waals surface area contributed by atoms with E-state index in [0.717, 1.165) is 29.0 Å². The molecule has 0 aliphatic heterocycles. The van der Waals surface area contributed by atoms with Gasteiger partial charge in [-0.15, -0.1) is 11.3 Å². The minimum Gasteiger partial charge on any atom is -0.369 e. The van der Waals surface area contributed by atoms with Gasteiger partial charge in [-0.2, -0.15) is 0 Å². The van der Waals surface area contributed by atoms with Crippen molar-refractivity contribution in [3.05, 3.63) is 41.5 Å². The molecule has 0 fully saturated rings. The Balaban J connectivity index is 2.00. The van der Waals surface area contributed by atoms with Crippen LogP contribution in [-0.2, 0) is 0 Å². The lowest BCUT2D eigenvalue weighted by molar-refractivity contribution is 0.831. The Morgan fingerprint density at radius 2 is 1.91 bits per heavy atom. The molecule has 2 aromatic heterocycles. The average Bonchev–Trinajstić information content (AvgIpc) is 3.00. The van der Waals surface area contributed by atoms with Crippen LogP contribution in [0.15, 0.2) is 36.0 Å². The second kappa shape index (κ2) is 7.09. The first-order valence-corrected chi connectivity index (χ1v) is 9.15. The number of nitrogens with one attached hydrogen (secondary N) is 1. The quantitative estimate of drug-likeness (QED) is 0.591. The van der Waals surface area contributed by atoms with Crippen LogP contribution in [0.5, 0.6) is 0 Å². The first kappa shape index (κ1) is 15.9. The summed E-state index contributed by atoms with van der Waals surface area (Å²) >= 11 is 1.68. The normalized spacial score (nSPS) is 11.3. The van der Waals surface area contributed by atoms with Crippen molar-refractivity contribution in [2.75, 3.05) is 11.9 Å². The molecule has 0 bridgehead atoms. The lowest BCUT2D eigenvalue weighted by Gasteiger charge is -2.09. The van der Waals surface area contributed by atoms with Crippen molar-refractivity contribution in [2.45, 2.75) is 39.5 Å². The van der Waals surface area contributed by atoms with Gasteiger partial charge in [0, 0.05) is 17.5 Å². The molecule has 120 valence electrons. The van der Waals surface area contributed by atoms with Gasteiger partial charge in [0.2, 0.25) is 0 Å². The van der Waals surface area contributed by atoms with Crippen LogP contribution < -0.4 is 5.32 Å². The highest BCUT2D eigenvalue weighted by atomic mass is 32.1. The third kappa shape index (κ3) is 3.37. The Morgan fingerprint density at radius 3 is 2.61 bits per heavy atom. The van der Waals surface area contributed by atoms with Gasteiger partial charge in [-0.25, -0.2) is 9.97 Å². The van der Waals surface area contributed by atoms with E-state index in [0.29, 0.717) is 5.92 Å². The van der Waals surface area contributed by atoms with Crippen molar-refractivity contribution in [2.24, 2.45) is 0 Å². The van der Waals surface area contributed by atoms with Crippen LogP contribution in [0.1, 0.15) is 45.1 Å². The predicted molar refractivity (Wildman–Crippen MR) is 100 cm³/mol. The van der Waals surface area contributed by atoms with Gasteiger partial charge in [0.05, 0.1) is 5.39 Å². The van der Waals surface area contributed by atoms with Crippen molar-refractivity contribution in [1.82, 2.24) is 9.97 Å². The molecule has 3 nitrogen and oxygen atoms in total. The Bertz CT molecular complexity index is 775. The minimum absolute atomic E-state index is 0.554. The number of hydrogen-bond donors (Lipinski definition) is 1.